The Morgan fingerprint density at radius 2 is 2.05 bits per heavy atom. The molecule has 2 N–H and O–H groups in total. The standard InChI is InChI=1S/C16H30N2O2S/c19-13-15-4-3-9-18(15)8-2-1-7-17-16(20)12-14-5-10-21-11-6-14/h14-15,19H,1-13H2,(H,17,20). The third kappa shape index (κ3) is 6.17. The topological polar surface area (TPSA) is 52.6 Å². The van der Waals surface area contributed by atoms with Crippen molar-refractivity contribution < 1.29 is 9.90 Å². The maximum atomic E-state index is 11.9. The summed E-state index contributed by atoms with van der Waals surface area (Å²) < 4.78 is 0. The fourth-order valence-electron chi connectivity index (χ4n) is 3.35. The summed E-state index contributed by atoms with van der Waals surface area (Å²) in [5.74, 6) is 3.29. The van der Waals surface area contributed by atoms with Crippen molar-refractivity contribution in [3.8, 4) is 0 Å². The minimum absolute atomic E-state index is 0.237. The van der Waals surface area contributed by atoms with E-state index in [1.54, 1.807) is 0 Å². The Kier molecular flexibility index (Phi) is 7.89. The lowest BCUT2D eigenvalue weighted by Gasteiger charge is -2.22. The summed E-state index contributed by atoms with van der Waals surface area (Å²) >= 11 is 2.01. The molecule has 2 heterocycles. The minimum atomic E-state index is 0.237. The van der Waals surface area contributed by atoms with Gasteiger partial charge in [-0.25, -0.2) is 0 Å². The molecule has 0 bridgehead atoms. The lowest BCUT2D eigenvalue weighted by Crippen LogP contribution is -2.33. The molecule has 21 heavy (non-hydrogen) atoms. The zero-order valence-corrected chi connectivity index (χ0v) is 13.9. The van der Waals surface area contributed by atoms with Gasteiger partial charge in [-0.2, -0.15) is 11.8 Å². The van der Waals surface area contributed by atoms with Gasteiger partial charge in [0.15, 0.2) is 0 Å². The lowest BCUT2D eigenvalue weighted by molar-refractivity contribution is -0.122. The molecule has 5 heteroatoms. The maximum Gasteiger partial charge on any atom is 0.220 e. The molecule has 1 amide bonds. The van der Waals surface area contributed by atoms with Crippen LogP contribution >= 0.6 is 11.8 Å². The zero-order valence-electron chi connectivity index (χ0n) is 13.1. The van der Waals surface area contributed by atoms with Crippen molar-refractivity contribution in [3.05, 3.63) is 0 Å². The fraction of sp³-hybridized carbons (Fsp3) is 0.938. The number of aliphatic hydroxyl groups is 1. The molecule has 0 aromatic rings. The summed E-state index contributed by atoms with van der Waals surface area (Å²) in [6.07, 6.45) is 7.62. The van der Waals surface area contributed by atoms with Crippen molar-refractivity contribution in [1.29, 1.82) is 0 Å². The van der Waals surface area contributed by atoms with E-state index >= 15 is 0 Å². The van der Waals surface area contributed by atoms with E-state index < -0.39 is 0 Å². The molecule has 2 aliphatic heterocycles. The van der Waals surface area contributed by atoms with Crippen molar-refractivity contribution in [2.45, 2.75) is 51.0 Å². The number of carbonyl (C=O) groups is 1. The first kappa shape index (κ1) is 17.1. The van der Waals surface area contributed by atoms with Crippen LogP contribution in [0.3, 0.4) is 0 Å². The van der Waals surface area contributed by atoms with Crippen LogP contribution < -0.4 is 5.32 Å². The third-order valence-electron chi connectivity index (χ3n) is 4.72. The monoisotopic (exact) mass is 314 g/mol. The van der Waals surface area contributed by atoms with Crippen LogP contribution in [0.4, 0.5) is 0 Å². The third-order valence-corrected chi connectivity index (χ3v) is 5.77. The van der Waals surface area contributed by atoms with Gasteiger partial charge in [0.1, 0.15) is 0 Å². The molecule has 2 fully saturated rings. The second-order valence-corrected chi connectivity index (χ2v) is 7.56. The summed E-state index contributed by atoms with van der Waals surface area (Å²) in [5.41, 5.74) is 0. The molecule has 1 unspecified atom stereocenters. The molecule has 0 aromatic heterocycles. The first-order chi connectivity index (χ1) is 10.3. The molecule has 2 saturated heterocycles. The average Bonchev–Trinajstić information content (AvgIpc) is 2.95. The molecule has 2 aliphatic rings. The first-order valence-corrected chi connectivity index (χ1v) is 9.64. The van der Waals surface area contributed by atoms with E-state index in [2.05, 4.69) is 10.2 Å². The number of hydrogen-bond acceptors (Lipinski definition) is 4. The maximum absolute atomic E-state index is 11.9. The number of hydrogen-bond donors (Lipinski definition) is 2. The van der Waals surface area contributed by atoms with E-state index in [0.717, 1.165) is 45.3 Å². The van der Waals surface area contributed by atoms with Crippen LogP contribution in [0.15, 0.2) is 0 Å². The SMILES string of the molecule is O=C(CC1CCSCC1)NCCCCN1CCCC1CO. The average molecular weight is 314 g/mol. The van der Waals surface area contributed by atoms with Gasteiger partial charge in [-0.1, -0.05) is 0 Å². The van der Waals surface area contributed by atoms with Crippen molar-refractivity contribution in [2.24, 2.45) is 5.92 Å². The Morgan fingerprint density at radius 3 is 2.81 bits per heavy atom. The van der Waals surface area contributed by atoms with Crippen LogP contribution in [-0.4, -0.2) is 59.7 Å². The van der Waals surface area contributed by atoms with E-state index in [-0.39, 0.29) is 12.5 Å². The van der Waals surface area contributed by atoms with Crippen LogP contribution in [0.1, 0.15) is 44.9 Å². The van der Waals surface area contributed by atoms with E-state index in [1.807, 2.05) is 11.8 Å². The molecular weight excluding hydrogens is 284 g/mol. The summed E-state index contributed by atoms with van der Waals surface area (Å²) in [4.78, 5) is 14.3. The van der Waals surface area contributed by atoms with Crippen molar-refractivity contribution in [2.75, 3.05) is 37.7 Å². The van der Waals surface area contributed by atoms with E-state index in [9.17, 15) is 9.90 Å². The molecular formula is C16H30N2O2S. The molecule has 122 valence electrons. The normalized spacial score (nSPS) is 24.3. The Hall–Kier alpha value is -0.260. The number of thioether (sulfide) groups is 1. The molecule has 2 rings (SSSR count). The first-order valence-electron chi connectivity index (χ1n) is 8.49. The van der Waals surface area contributed by atoms with Gasteiger partial charge in [0.2, 0.25) is 5.91 Å². The lowest BCUT2D eigenvalue weighted by atomic mass is 9.98. The number of rotatable bonds is 8. The van der Waals surface area contributed by atoms with E-state index in [1.165, 1.54) is 30.8 Å². The summed E-state index contributed by atoms with van der Waals surface area (Å²) in [6.45, 7) is 3.27. The second-order valence-electron chi connectivity index (χ2n) is 6.33. The number of amides is 1. The molecule has 0 saturated carbocycles. The number of nitrogens with one attached hydrogen (secondary N) is 1. The molecule has 0 radical (unpaired) electrons. The van der Waals surface area contributed by atoms with Crippen LogP contribution in [0.5, 0.6) is 0 Å². The van der Waals surface area contributed by atoms with Crippen LogP contribution in [-0.2, 0) is 4.79 Å². The largest absolute Gasteiger partial charge is 0.395 e. The molecule has 0 spiro atoms. The Morgan fingerprint density at radius 1 is 1.24 bits per heavy atom. The fourth-order valence-corrected chi connectivity index (χ4v) is 4.55. The molecule has 0 aromatic carbocycles. The van der Waals surface area contributed by atoms with Gasteiger partial charge in [0.05, 0.1) is 6.61 Å². The number of nitrogens with zero attached hydrogens (tertiary/aromatic N) is 1. The van der Waals surface area contributed by atoms with Crippen molar-refractivity contribution in [3.63, 3.8) is 0 Å². The number of likely N-dealkylation sites (tertiary alicyclic amines) is 1. The van der Waals surface area contributed by atoms with Gasteiger partial charge in [0.25, 0.3) is 0 Å². The smallest absolute Gasteiger partial charge is 0.220 e. The Labute approximate surface area is 133 Å². The quantitative estimate of drug-likeness (QED) is 0.672. The predicted octanol–water partition coefficient (Wildman–Crippen LogP) is 1.87. The van der Waals surface area contributed by atoms with Gasteiger partial charge < -0.3 is 10.4 Å². The Balaban J connectivity index is 1.48. The highest BCUT2D eigenvalue weighted by molar-refractivity contribution is 7.99. The summed E-state index contributed by atoms with van der Waals surface area (Å²) in [5, 5.41) is 12.3. The molecule has 0 aliphatic carbocycles. The highest BCUT2D eigenvalue weighted by Gasteiger charge is 2.22. The van der Waals surface area contributed by atoms with Crippen LogP contribution in [0, 0.1) is 5.92 Å². The zero-order chi connectivity index (χ0) is 14.9. The van der Waals surface area contributed by atoms with Gasteiger partial charge in [-0.15, -0.1) is 0 Å². The van der Waals surface area contributed by atoms with Gasteiger partial charge in [-0.05, 0) is 69.0 Å². The number of carbonyl (C=O) groups excluding carboxylic acids is 1. The highest BCUT2D eigenvalue weighted by atomic mass is 32.2. The van der Waals surface area contributed by atoms with E-state index in [4.69, 9.17) is 0 Å². The highest BCUT2D eigenvalue weighted by Crippen LogP contribution is 2.25. The number of aliphatic hydroxyl groups excluding tert-OH is 1. The second kappa shape index (κ2) is 9.70. The summed E-state index contributed by atoms with van der Waals surface area (Å²) in [7, 11) is 0. The van der Waals surface area contributed by atoms with Crippen molar-refractivity contribution in [1.82, 2.24) is 10.2 Å². The number of unbranched alkanes of at least 4 members (excludes halogenated alkanes) is 1. The summed E-state index contributed by atoms with van der Waals surface area (Å²) in [6, 6.07) is 0.378. The molecule has 4 nitrogen and oxygen atoms in total. The van der Waals surface area contributed by atoms with Gasteiger partial charge in [0, 0.05) is 19.0 Å². The Bertz CT molecular complexity index is 309. The van der Waals surface area contributed by atoms with E-state index in [0.29, 0.717) is 12.0 Å². The van der Waals surface area contributed by atoms with Crippen LogP contribution in [0.25, 0.3) is 0 Å². The van der Waals surface area contributed by atoms with Crippen molar-refractivity contribution >= 4 is 17.7 Å². The molecule has 1 atom stereocenters. The van der Waals surface area contributed by atoms with Gasteiger partial charge >= 0.3 is 0 Å². The minimum Gasteiger partial charge on any atom is -0.395 e. The van der Waals surface area contributed by atoms with Crippen LogP contribution in [0.2, 0.25) is 0 Å². The predicted molar refractivity (Wildman–Crippen MR) is 88.6 cm³/mol. The van der Waals surface area contributed by atoms with Gasteiger partial charge in [-0.3, -0.25) is 9.69 Å².